The number of rotatable bonds is 3. The number of aromatic nitrogens is 2. The topological polar surface area (TPSA) is 112 Å². The molecule has 0 aliphatic rings. The third-order valence-corrected chi connectivity index (χ3v) is 2.67. The maximum absolute atomic E-state index is 11.1. The molecule has 0 bridgehead atoms. The van der Waals surface area contributed by atoms with Crippen LogP contribution in [0.15, 0.2) is 30.3 Å². The minimum Gasteiger partial charge on any atom is -0.477 e. The Kier molecular flexibility index (Phi) is 3.19. The van der Waals surface area contributed by atoms with Crippen molar-refractivity contribution in [2.75, 3.05) is 11.9 Å². The van der Waals surface area contributed by atoms with Crippen molar-refractivity contribution in [2.24, 2.45) is 5.73 Å². The molecule has 0 atom stereocenters. The van der Waals surface area contributed by atoms with Gasteiger partial charge in [0.15, 0.2) is 0 Å². The molecule has 2 aromatic rings. The van der Waals surface area contributed by atoms with Crippen LogP contribution >= 0.6 is 0 Å². The zero-order valence-electron chi connectivity index (χ0n) is 10.1. The molecule has 1 aromatic heterocycles. The van der Waals surface area contributed by atoms with Gasteiger partial charge in [0.25, 0.3) is 0 Å². The lowest BCUT2D eigenvalue weighted by Gasteiger charge is -2.14. The Labute approximate surface area is 108 Å². The van der Waals surface area contributed by atoms with Gasteiger partial charge in [0.2, 0.25) is 0 Å². The fourth-order valence-electron chi connectivity index (χ4n) is 1.58. The normalized spacial score (nSPS) is 10.2. The zero-order chi connectivity index (χ0) is 14.0. The lowest BCUT2D eigenvalue weighted by molar-refractivity contribution is 0.0690. The van der Waals surface area contributed by atoms with E-state index in [0.29, 0.717) is 16.9 Å². The van der Waals surface area contributed by atoms with Crippen LogP contribution in [0.5, 0.6) is 0 Å². The number of nitrogens with zero attached hydrogens (tertiary/aromatic N) is 2. The molecule has 0 radical (unpaired) electrons. The molecule has 7 heteroatoms. The van der Waals surface area contributed by atoms with E-state index in [1.54, 1.807) is 31.3 Å². The van der Waals surface area contributed by atoms with E-state index in [9.17, 15) is 9.59 Å². The largest absolute Gasteiger partial charge is 0.477 e. The number of carboxylic acids is 1. The standard InChI is InChI=1S/C12H12N4O3/c1-16(12(13)19)8-4-2-3-7(5-8)9-6-10(11(17)18)15-14-9/h2-6H,1H3,(H2,13,19)(H,14,15)(H,17,18). The number of nitrogens with one attached hydrogen (secondary N) is 1. The summed E-state index contributed by atoms with van der Waals surface area (Å²) in [5, 5.41) is 15.2. The molecule has 0 saturated carbocycles. The van der Waals surface area contributed by atoms with Gasteiger partial charge in [-0.15, -0.1) is 0 Å². The van der Waals surface area contributed by atoms with Gasteiger partial charge in [-0.25, -0.2) is 9.59 Å². The van der Waals surface area contributed by atoms with Crippen LogP contribution in [0.25, 0.3) is 11.3 Å². The second kappa shape index (κ2) is 4.81. The molecule has 2 amide bonds. The first-order chi connectivity index (χ1) is 8.99. The predicted octanol–water partition coefficient (Wildman–Crippen LogP) is 1.29. The smallest absolute Gasteiger partial charge is 0.353 e. The average molecular weight is 260 g/mol. The summed E-state index contributed by atoms with van der Waals surface area (Å²) in [6.07, 6.45) is 0. The van der Waals surface area contributed by atoms with Crippen molar-refractivity contribution in [1.29, 1.82) is 0 Å². The first kappa shape index (κ1) is 12.6. The van der Waals surface area contributed by atoms with Crippen LogP contribution < -0.4 is 10.6 Å². The van der Waals surface area contributed by atoms with Gasteiger partial charge in [0.05, 0.1) is 5.69 Å². The van der Waals surface area contributed by atoms with Gasteiger partial charge in [0, 0.05) is 18.3 Å². The zero-order valence-corrected chi connectivity index (χ0v) is 10.1. The predicted molar refractivity (Wildman–Crippen MR) is 69.0 cm³/mol. The maximum Gasteiger partial charge on any atom is 0.353 e. The summed E-state index contributed by atoms with van der Waals surface area (Å²) in [7, 11) is 1.55. The Hall–Kier alpha value is -2.83. The molecule has 0 aliphatic carbocycles. The summed E-state index contributed by atoms with van der Waals surface area (Å²) in [5.74, 6) is -1.08. The van der Waals surface area contributed by atoms with Crippen molar-refractivity contribution in [3.8, 4) is 11.3 Å². The molecule has 4 N–H and O–H groups in total. The Bertz CT molecular complexity index is 635. The molecule has 98 valence electrons. The van der Waals surface area contributed by atoms with Gasteiger partial charge in [-0.3, -0.25) is 10.00 Å². The molecule has 0 saturated heterocycles. The van der Waals surface area contributed by atoms with Crippen LogP contribution in [-0.4, -0.2) is 34.4 Å². The fraction of sp³-hybridized carbons (Fsp3) is 0.0833. The molecule has 19 heavy (non-hydrogen) atoms. The van der Waals surface area contributed by atoms with Gasteiger partial charge in [-0.2, -0.15) is 5.10 Å². The number of anilines is 1. The van der Waals surface area contributed by atoms with E-state index in [1.807, 2.05) is 0 Å². The summed E-state index contributed by atoms with van der Waals surface area (Å²) in [6.45, 7) is 0. The molecular weight excluding hydrogens is 248 g/mol. The highest BCUT2D eigenvalue weighted by atomic mass is 16.4. The third kappa shape index (κ3) is 2.54. The number of H-pyrrole nitrogens is 1. The molecule has 0 aliphatic heterocycles. The summed E-state index contributed by atoms with van der Waals surface area (Å²) >= 11 is 0. The molecular formula is C12H12N4O3. The second-order valence-electron chi connectivity index (χ2n) is 3.92. The number of primary amides is 1. The highest BCUT2D eigenvalue weighted by molar-refractivity contribution is 5.91. The van der Waals surface area contributed by atoms with Crippen LogP contribution in [0.1, 0.15) is 10.5 Å². The molecule has 1 aromatic carbocycles. The fourth-order valence-corrected chi connectivity index (χ4v) is 1.58. The minimum absolute atomic E-state index is 0.00339. The van der Waals surface area contributed by atoms with E-state index in [-0.39, 0.29) is 5.69 Å². The number of carbonyl (C=O) groups is 2. The molecule has 1 heterocycles. The summed E-state index contributed by atoms with van der Waals surface area (Å²) in [5.41, 5.74) is 6.97. The van der Waals surface area contributed by atoms with E-state index in [2.05, 4.69) is 10.2 Å². The van der Waals surface area contributed by atoms with Crippen molar-refractivity contribution in [2.45, 2.75) is 0 Å². The van der Waals surface area contributed by atoms with Gasteiger partial charge in [-0.1, -0.05) is 12.1 Å². The lowest BCUT2D eigenvalue weighted by Crippen LogP contribution is -2.31. The number of aromatic amines is 1. The van der Waals surface area contributed by atoms with E-state index in [1.165, 1.54) is 11.0 Å². The SMILES string of the molecule is CN(C(N)=O)c1cccc(-c2cc(C(=O)O)[nH]n2)c1. The number of urea groups is 1. The van der Waals surface area contributed by atoms with E-state index in [4.69, 9.17) is 10.8 Å². The van der Waals surface area contributed by atoms with Crippen molar-refractivity contribution in [3.05, 3.63) is 36.0 Å². The highest BCUT2D eigenvalue weighted by Crippen LogP contribution is 2.23. The Morgan fingerprint density at radius 2 is 2.11 bits per heavy atom. The van der Waals surface area contributed by atoms with Crippen LogP contribution in [-0.2, 0) is 0 Å². The van der Waals surface area contributed by atoms with Crippen LogP contribution in [0.2, 0.25) is 0 Å². The van der Waals surface area contributed by atoms with E-state index < -0.39 is 12.0 Å². The molecule has 7 nitrogen and oxygen atoms in total. The number of nitrogens with two attached hydrogens (primary N) is 1. The van der Waals surface area contributed by atoms with Crippen LogP contribution in [0, 0.1) is 0 Å². The van der Waals surface area contributed by atoms with Crippen LogP contribution in [0.4, 0.5) is 10.5 Å². The number of hydrogen-bond donors (Lipinski definition) is 3. The Morgan fingerprint density at radius 3 is 2.68 bits per heavy atom. The van der Waals surface area contributed by atoms with Gasteiger partial charge >= 0.3 is 12.0 Å². The first-order valence-corrected chi connectivity index (χ1v) is 5.41. The Morgan fingerprint density at radius 1 is 1.37 bits per heavy atom. The minimum atomic E-state index is -1.08. The highest BCUT2D eigenvalue weighted by Gasteiger charge is 2.11. The quantitative estimate of drug-likeness (QED) is 0.771. The van der Waals surface area contributed by atoms with Crippen molar-refractivity contribution in [1.82, 2.24) is 10.2 Å². The number of benzene rings is 1. The second-order valence-corrected chi connectivity index (χ2v) is 3.92. The molecule has 2 rings (SSSR count). The van der Waals surface area contributed by atoms with E-state index >= 15 is 0 Å². The van der Waals surface area contributed by atoms with Crippen molar-refractivity contribution >= 4 is 17.7 Å². The molecule has 0 fully saturated rings. The number of carboxylic acid groups (broad SMARTS) is 1. The van der Waals surface area contributed by atoms with Gasteiger partial charge in [-0.05, 0) is 18.2 Å². The lowest BCUT2D eigenvalue weighted by atomic mass is 10.1. The number of hydrogen-bond acceptors (Lipinski definition) is 3. The summed E-state index contributed by atoms with van der Waals surface area (Å²) in [4.78, 5) is 23.1. The van der Waals surface area contributed by atoms with Crippen molar-refractivity contribution in [3.63, 3.8) is 0 Å². The number of carbonyl (C=O) groups excluding carboxylic acids is 1. The van der Waals surface area contributed by atoms with Gasteiger partial charge in [0.1, 0.15) is 5.69 Å². The monoisotopic (exact) mass is 260 g/mol. The van der Waals surface area contributed by atoms with Crippen molar-refractivity contribution < 1.29 is 14.7 Å². The maximum atomic E-state index is 11.1. The first-order valence-electron chi connectivity index (χ1n) is 5.41. The molecule has 0 unspecified atom stereocenters. The Balaban J connectivity index is 2.37. The third-order valence-electron chi connectivity index (χ3n) is 2.67. The number of amides is 2. The number of aromatic carboxylic acids is 1. The summed E-state index contributed by atoms with van der Waals surface area (Å²) in [6, 6.07) is 7.77. The molecule has 0 spiro atoms. The van der Waals surface area contributed by atoms with E-state index in [0.717, 1.165) is 0 Å². The van der Waals surface area contributed by atoms with Gasteiger partial charge < -0.3 is 10.8 Å². The average Bonchev–Trinajstić information content (AvgIpc) is 2.87. The summed E-state index contributed by atoms with van der Waals surface area (Å²) < 4.78 is 0. The van der Waals surface area contributed by atoms with Crippen LogP contribution in [0.3, 0.4) is 0 Å².